The molecule has 0 saturated heterocycles. The average molecular weight is 414 g/mol. The van der Waals surface area contributed by atoms with Crippen molar-refractivity contribution in [2.75, 3.05) is 19.1 Å². The topological polar surface area (TPSA) is 110 Å². The summed E-state index contributed by atoms with van der Waals surface area (Å²) in [5.41, 5.74) is 11.0. The molecule has 0 atom stereocenters. The summed E-state index contributed by atoms with van der Waals surface area (Å²) in [5.74, 6) is 0.0289. The average Bonchev–Trinajstić information content (AvgIpc) is 3.07. The minimum absolute atomic E-state index is 0.0706. The van der Waals surface area contributed by atoms with Gasteiger partial charge in [0.1, 0.15) is 5.76 Å². The predicted molar refractivity (Wildman–Crippen MR) is 113 cm³/mol. The third kappa shape index (κ3) is 4.00. The monoisotopic (exact) mass is 414 g/mol. The normalized spacial score (nSPS) is 14.2. The van der Waals surface area contributed by atoms with Crippen molar-refractivity contribution in [2.45, 2.75) is 26.2 Å². The standard InChI is InChI=1S/C20H22N4O4S/c1-11-16-13(22-23-20(21)29)8-6-10-15(16)28-17(11)18(25)24(2)14-9-5-4-7-12(14)19(26)27-3/h4-5,7,9H,6,8,10H2,1-3H3,(H3,21,23,29)/b22-13+. The number of aryl methyl sites for hydroxylation is 1. The van der Waals surface area contributed by atoms with Gasteiger partial charge in [-0.15, -0.1) is 0 Å². The van der Waals surface area contributed by atoms with Crippen molar-refractivity contribution >= 4 is 40.6 Å². The maximum atomic E-state index is 13.2. The second kappa shape index (κ2) is 8.44. The summed E-state index contributed by atoms with van der Waals surface area (Å²) in [5, 5.41) is 4.33. The second-order valence-corrected chi connectivity index (χ2v) is 7.06. The number of thiocarbonyl (C=S) groups is 1. The van der Waals surface area contributed by atoms with Gasteiger partial charge < -0.3 is 19.8 Å². The number of methoxy groups -OCH3 is 1. The van der Waals surface area contributed by atoms with Gasteiger partial charge in [-0.3, -0.25) is 10.2 Å². The van der Waals surface area contributed by atoms with Gasteiger partial charge in [0.2, 0.25) is 0 Å². The fraction of sp³-hybridized carbons (Fsp3) is 0.300. The fourth-order valence-corrected chi connectivity index (χ4v) is 3.46. The van der Waals surface area contributed by atoms with Crippen LogP contribution < -0.4 is 16.1 Å². The number of rotatable bonds is 4. The summed E-state index contributed by atoms with van der Waals surface area (Å²) in [6, 6.07) is 6.75. The molecule has 9 heteroatoms. The van der Waals surface area contributed by atoms with Crippen molar-refractivity contribution in [3.8, 4) is 0 Å². The predicted octanol–water partition coefficient (Wildman–Crippen LogP) is 2.52. The lowest BCUT2D eigenvalue weighted by Gasteiger charge is -2.19. The zero-order valence-electron chi connectivity index (χ0n) is 16.4. The van der Waals surface area contributed by atoms with E-state index in [1.165, 1.54) is 12.0 Å². The molecule has 1 aliphatic carbocycles. The van der Waals surface area contributed by atoms with Crippen molar-refractivity contribution in [1.82, 2.24) is 5.43 Å². The Hall–Kier alpha value is -3.20. The van der Waals surface area contributed by atoms with Gasteiger partial charge in [0.15, 0.2) is 10.9 Å². The number of nitrogens with zero attached hydrogens (tertiary/aromatic N) is 2. The molecule has 1 aliphatic rings. The van der Waals surface area contributed by atoms with Crippen LogP contribution in [0.3, 0.4) is 0 Å². The van der Waals surface area contributed by atoms with Gasteiger partial charge in [-0.25, -0.2) is 4.79 Å². The highest BCUT2D eigenvalue weighted by Crippen LogP contribution is 2.31. The number of esters is 1. The summed E-state index contributed by atoms with van der Waals surface area (Å²) in [6.45, 7) is 1.82. The van der Waals surface area contributed by atoms with Gasteiger partial charge in [0.25, 0.3) is 5.91 Å². The summed E-state index contributed by atoms with van der Waals surface area (Å²) >= 11 is 4.81. The van der Waals surface area contributed by atoms with Gasteiger partial charge >= 0.3 is 5.97 Å². The SMILES string of the molecule is COC(=O)c1ccccc1N(C)C(=O)c1oc2c(c1C)/C(=N/NC(N)=S)CCC2. The number of para-hydroxylation sites is 1. The molecule has 0 aliphatic heterocycles. The Kier molecular flexibility index (Phi) is 5.97. The number of nitrogens with two attached hydrogens (primary N) is 1. The van der Waals surface area contributed by atoms with Crippen LogP contribution in [0.4, 0.5) is 5.69 Å². The molecule has 0 saturated carbocycles. The van der Waals surface area contributed by atoms with Crippen LogP contribution in [0.2, 0.25) is 0 Å². The van der Waals surface area contributed by atoms with Gasteiger partial charge in [0.05, 0.1) is 24.1 Å². The van der Waals surface area contributed by atoms with E-state index in [1.54, 1.807) is 31.3 Å². The Morgan fingerprint density at radius 2 is 2.03 bits per heavy atom. The summed E-state index contributed by atoms with van der Waals surface area (Å²) in [6.07, 6.45) is 2.27. The number of hydrogen-bond donors (Lipinski definition) is 2. The molecule has 0 unspecified atom stereocenters. The molecule has 1 aromatic carbocycles. The zero-order chi connectivity index (χ0) is 21.1. The molecule has 0 radical (unpaired) electrons. The van der Waals surface area contributed by atoms with Crippen LogP contribution in [-0.2, 0) is 11.2 Å². The molecule has 29 heavy (non-hydrogen) atoms. The molecular weight excluding hydrogens is 392 g/mol. The summed E-state index contributed by atoms with van der Waals surface area (Å²) in [7, 11) is 2.89. The lowest BCUT2D eigenvalue weighted by molar-refractivity contribution is 0.0601. The minimum atomic E-state index is -0.519. The van der Waals surface area contributed by atoms with Crippen molar-refractivity contribution < 1.29 is 18.7 Å². The largest absolute Gasteiger partial charge is 0.465 e. The number of anilines is 1. The van der Waals surface area contributed by atoms with Crippen LogP contribution in [0.1, 0.15) is 50.6 Å². The quantitative estimate of drug-likeness (QED) is 0.449. The maximum Gasteiger partial charge on any atom is 0.339 e. The number of hydrogen-bond acceptors (Lipinski definition) is 6. The van der Waals surface area contributed by atoms with Crippen molar-refractivity contribution in [2.24, 2.45) is 10.8 Å². The molecule has 152 valence electrons. The van der Waals surface area contributed by atoms with Crippen molar-refractivity contribution in [1.29, 1.82) is 0 Å². The van der Waals surface area contributed by atoms with Crippen LogP contribution in [0.5, 0.6) is 0 Å². The number of carbonyl (C=O) groups is 2. The van der Waals surface area contributed by atoms with Gasteiger partial charge in [0, 0.05) is 24.6 Å². The number of carbonyl (C=O) groups excluding carboxylic acids is 2. The van der Waals surface area contributed by atoms with Crippen LogP contribution in [0, 0.1) is 6.92 Å². The number of ether oxygens (including phenoxy) is 1. The third-order valence-electron chi connectivity index (χ3n) is 4.80. The lowest BCUT2D eigenvalue weighted by Crippen LogP contribution is -2.28. The second-order valence-electron chi connectivity index (χ2n) is 6.62. The maximum absolute atomic E-state index is 13.2. The molecule has 8 nitrogen and oxygen atoms in total. The van der Waals surface area contributed by atoms with E-state index < -0.39 is 5.97 Å². The highest BCUT2D eigenvalue weighted by Gasteiger charge is 2.30. The third-order valence-corrected chi connectivity index (χ3v) is 4.89. The Morgan fingerprint density at radius 1 is 1.31 bits per heavy atom. The first kappa shape index (κ1) is 20.5. The van der Waals surface area contributed by atoms with Crippen molar-refractivity contribution in [3.63, 3.8) is 0 Å². The first-order valence-electron chi connectivity index (χ1n) is 9.05. The molecule has 3 rings (SSSR count). The summed E-state index contributed by atoms with van der Waals surface area (Å²) < 4.78 is 10.7. The summed E-state index contributed by atoms with van der Waals surface area (Å²) in [4.78, 5) is 26.7. The van der Waals surface area contributed by atoms with Crippen LogP contribution in [0.15, 0.2) is 33.8 Å². The Morgan fingerprint density at radius 3 is 2.72 bits per heavy atom. The minimum Gasteiger partial charge on any atom is -0.465 e. The Bertz CT molecular complexity index is 1010. The molecule has 1 amide bonds. The first-order chi connectivity index (χ1) is 13.8. The number of furan rings is 1. The zero-order valence-corrected chi connectivity index (χ0v) is 17.3. The molecule has 0 fully saturated rings. The number of benzene rings is 1. The van der Waals surface area contributed by atoms with Crippen molar-refractivity contribution in [3.05, 3.63) is 52.5 Å². The van der Waals surface area contributed by atoms with Crippen LogP contribution >= 0.6 is 12.2 Å². The van der Waals surface area contributed by atoms with Gasteiger partial charge in [-0.2, -0.15) is 5.10 Å². The van der Waals surface area contributed by atoms with E-state index >= 15 is 0 Å². The van der Waals surface area contributed by atoms with Crippen LogP contribution in [0.25, 0.3) is 0 Å². The van der Waals surface area contributed by atoms with Gasteiger partial charge in [-0.1, -0.05) is 12.1 Å². The van der Waals surface area contributed by atoms with Crippen LogP contribution in [-0.4, -0.2) is 36.9 Å². The van der Waals surface area contributed by atoms with E-state index in [9.17, 15) is 9.59 Å². The smallest absolute Gasteiger partial charge is 0.339 e. The van der Waals surface area contributed by atoms with Gasteiger partial charge in [-0.05, 0) is 44.1 Å². The Balaban J connectivity index is 1.99. The highest BCUT2D eigenvalue weighted by molar-refractivity contribution is 7.80. The number of hydrazone groups is 1. The van der Waals surface area contributed by atoms with E-state index in [2.05, 4.69) is 10.5 Å². The lowest BCUT2D eigenvalue weighted by atomic mass is 9.93. The van der Waals surface area contributed by atoms with E-state index in [1.807, 2.05) is 6.92 Å². The molecule has 0 spiro atoms. The van der Waals surface area contributed by atoms with E-state index in [0.29, 0.717) is 29.0 Å². The van der Waals surface area contributed by atoms with E-state index in [-0.39, 0.29) is 16.8 Å². The first-order valence-corrected chi connectivity index (χ1v) is 9.46. The fourth-order valence-electron chi connectivity index (χ4n) is 3.42. The molecule has 1 heterocycles. The molecule has 0 bridgehead atoms. The molecule has 2 aromatic rings. The highest BCUT2D eigenvalue weighted by atomic mass is 32.1. The number of amides is 1. The van der Waals surface area contributed by atoms with E-state index in [4.69, 9.17) is 27.1 Å². The molecule has 1 aromatic heterocycles. The number of fused-ring (bicyclic) bond motifs is 1. The number of nitrogens with one attached hydrogen (secondary N) is 1. The molecular formula is C20H22N4O4S. The molecule has 3 N–H and O–H groups in total. The Labute approximate surface area is 173 Å². The van der Waals surface area contributed by atoms with E-state index in [0.717, 1.165) is 24.1 Å².